The minimum atomic E-state index is -0.212. The zero-order chi connectivity index (χ0) is 12.0. The van der Waals surface area contributed by atoms with Crippen LogP contribution in [0.5, 0.6) is 5.75 Å². The number of hydrogen-bond donors (Lipinski definition) is 0. The van der Waals surface area contributed by atoms with E-state index in [9.17, 15) is 0 Å². The lowest BCUT2D eigenvalue weighted by atomic mass is 10.2. The van der Waals surface area contributed by atoms with Gasteiger partial charge in [0.1, 0.15) is 5.75 Å². The Labute approximate surface area is 97.3 Å². The highest BCUT2D eigenvalue weighted by Crippen LogP contribution is 2.27. The Morgan fingerprint density at radius 2 is 1.81 bits per heavy atom. The van der Waals surface area contributed by atoms with Crippen molar-refractivity contribution in [2.24, 2.45) is 0 Å². The second kappa shape index (κ2) is 6.51. The molecule has 3 heteroatoms. The van der Waals surface area contributed by atoms with Gasteiger partial charge >= 0.3 is 0 Å². The van der Waals surface area contributed by atoms with Gasteiger partial charge in [0.15, 0.2) is 6.29 Å². The van der Waals surface area contributed by atoms with Crippen molar-refractivity contribution < 1.29 is 14.2 Å². The fraction of sp³-hybridized carbons (Fsp3) is 0.538. The van der Waals surface area contributed by atoms with Gasteiger partial charge in [-0.05, 0) is 19.1 Å². The van der Waals surface area contributed by atoms with Crippen molar-refractivity contribution in [2.75, 3.05) is 13.7 Å². The van der Waals surface area contributed by atoms with Gasteiger partial charge in [-0.25, -0.2) is 0 Å². The van der Waals surface area contributed by atoms with Crippen LogP contribution in [0.2, 0.25) is 0 Å². The van der Waals surface area contributed by atoms with E-state index >= 15 is 0 Å². The highest BCUT2D eigenvalue weighted by atomic mass is 16.7. The van der Waals surface area contributed by atoms with E-state index in [1.165, 1.54) is 0 Å². The quantitative estimate of drug-likeness (QED) is 0.772. The molecule has 2 unspecified atom stereocenters. The Hall–Kier alpha value is -1.06. The van der Waals surface area contributed by atoms with Crippen LogP contribution in [0.1, 0.15) is 32.6 Å². The van der Waals surface area contributed by atoms with Gasteiger partial charge in [-0.3, -0.25) is 0 Å². The molecule has 1 aromatic rings. The molecular formula is C13H20O3. The zero-order valence-electron chi connectivity index (χ0n) is 10.4. The molecule has 0 saturated carbocycles. The first-order valence-corrected chi connectivity index (χ1v) is 5.70. The van der Waals surface area contributed by atoms with Crippen molar-refractivity contribution in [1.82, 2.24) is 0 Å². The van der Waals surface area contributed by atoms with Crippen LogP contribution in [0.4, 0.5) is 0 Å². The molecule has 1 heterocycles. The van der Waals surface area contributed by atoms with Crippen LogP contribution in [0.3, 0.4) is 0 Å². The number of methoxy groups -OCH3 is 1. The molecule has 1 fully saturated rings. The zero-order valence-corrected chi connectivity index (χ0v) is 10.4. The molecule has 0 aliphatic carbocycles. The molecule has 0 N–H and O–H groups in total. The predicted molar refractivity (Wildman–Crippen MR) is 63.6 cm³/mol. The summed E-state index contributed by atoms with van der Waals surface area (Å²) < 4.78 is 16.1. The first-order valence-electron chi connectivity index (χ1n) is 5.70. The molecule has 1 aliphatic rings. The Morgan fingerprint density at radius 1 is 1.19 bits per heavy atom. The van der Waals surface area contributed by atoms with Gasteiger partial charge in [-0.15, -0.1) is 0 Å². The predicted octanol–water partition coefficient (Wildman–Crippen LogP) is 3.16. The normalized spacial score (nSPS) is 23.5. The lowest BCUT2D eigenvalue weighted by Crippen LogP contribution is -2.02. The average molecular weight is 224 g/mol. The van der Waals surface area contributed by atoms with Crippen LogP contribution in [-0.2, 0) is 9.47 Å². The van der Waals surface area contributed by atoms with Gasteiger partial charge in [0.05, 0.1) is 19.8 Å². The van der Waals surface area contributed by atoms with E-state index in [1.807, 2.05) is 45.0 Å². The number of ether oxygens (including phenoxy) is 3. The number of rotatable bonds is 2. The minimum absolute atomic E-state index is 0.183. The Balaban J connectivity index is 0.000000606. The SMILES string of the molecule is CC.COc1ccc(C2OCC(C)O2)cc1. The minimum Gasteiger partial charge on any atom is -0.497 e. The van der Waals surface area contributed by atoms with Crippen molar-refractivity contribution in [1.29, 1.82) is 0 Å². The van der Waals surface area contributed by atoms with Crippen LogP contribution in [0.15, 0.2) is 24.3 Å². The van der Waals surface area contributed by atoms with Crippen LogP contribution in [-0.4, -0.2) is 19.8 Å². The molecule has 1 saturated heterocycles. The summed E-state index contributed by atoms with van der Waals surface area (Å²) in [6.45, 7) is 6.67. The first-order chi connectivity index (χ1) is 7.79. The van der Waals surface area contributed by atoms with Crippen molar-refractivity contribution in [2.45, 2.75) is 33.2 Å². The molecule has 0 spiro atoms. The summed E-state index contributed by atoms with van der Waals surface area (Å²) in [6.07, 6.45) is -0.0296. The summed E-state index contributed by atoms with van der Waals surface area (Å²) in [5.74, 6) is 0.847. The maximum atomic E-state index is 5.56. The lowest BCUT2D eigenvalue weighted by molar-refractivity contribution is -0.0572. The third kappa shape index (κ3) is 3.22. The molecule has 90 valence electrons. The fourth-order valence-electron chi connectivity index (χ4n) is 1.45. The molecule has 16 heavy (non-hydrogen) atoms. The molecule has 0 radical (unpaired) electrons. The van der Waals surface area contributed by atoms with Crippen molar-refractivity contribution in [3.8, 4) is 5.75 Å². The van der Waals surface area contributed by atoms with Gasteiger partial charge in [0.25, 0.3) is 0 Å². The highest BCUT2D eigenvalue weighted by molar-refractivity contribution is 5.28. The molecule has 1 aromatic carbocycles. The van der Waals surface area contributed by atoms with Gasteiger partial charge in [-0.1, -0.05) is 26.0 Å². The van der Waals surface area contributed by atoms with Crippen molar-refractivity contribution in [3.63, 3.8) is 0 Å². The second-order valence-corrected chi connectivity index (χ2v) is 3.39. The van der Waals surface area contributed by atoms with E-state index in [-0.39, 0.29) is 12.4 Å². The smallest absolute Gasteiger partial charge is 0.184 e. The van der Waals surface area contributed by atoms with Gasteiger partial charge in [0.2, 0.25) is 0 Å². The van der Waals surface area contributed by atoms with Crippen LogP contribution in [0.25, 0.3) is 0 Å². The van der Waals surface area contributed by atoms with Crippen LogP contribution >= 0.6 is 0 Å². The molecule has 1 aliphatic heterocycles. The van der Waals surface area contributed by atoms with E-state index in [0.29, 0.717) is 6.61 Å². The summed E-state index contributed by atoms with van der Waals surface area (Å²) in [6, 6.07) is 7.74. The lowest BCUT2D eigenvalue weighted by Gasteiger charge is -2.10. The van der Waals surface area contributed by atoms with E-state index in [2.05, 4.69) is 0 Å². The van der Waals surface area contributed by atoms with Gasteiger partial charge < -0.3 is 14.2 Å². The van der Waals surface area contributed by atoms with E-state index < -0.39 is 0 Å². The molecule has 0 amide bonds. The van der Waals surface area contributed by atoms with Gasteiger partial charge in [0, 0.05) is 5.56 Å². The van der Waals surface area contributed by atoms with E-state index in [4.69, 9.17) is 14.2 Å². The molecule has 2 rings (SSSR count). The highest BCUT2D eigenvalue weighted by Gasteiger charge is 2.23. The summed E-state index contributed by atoms with van der Waals surface area (Å²) in [4.78, 5) is 0. The standard InChI is InChI=1S/C11H14O3.C2H6/c1-8-7-13-11(14-8)9-3-5-10(12-2)6-4-9;1-2/h3-6,8,11H,7H2,1-2H3;1-2H3. The monoisotopic (exact) mass is 224 g/mol. The first kappa shape index (κ1) is 13.0. The third-order valence-electron chi connectivity index (χ3n) is 2.23. The molecule has 0 aromatic heterocycles. The Kier molecular flexibility index (Phi) is 5.29. The van der Waals surface area contributed by atoms with Crippen LogP contribution < -0.4 is 4.74 Å². The molecular weight excluding hydrogens is 204 g/mol. The molecule has 0 bridgehead atoms. The van der Waals surface area contributed by atoms with Gasteiger partial charge in [-0.2, -0.15) is 0 Å². The Bertz CT molecular complexity index is 295. The summed E-state index contributed by atoms with van der Waals surface area (Å²) in [5, 5.41) is 0. The topological polar surface area (TPSA) is 27.7 Å². The summed E-state index contributed by atoms with van der Waals surface area (Å²) >= 11 is 0. The number of hydrogen-bond acceptors (Lipinski definition) is 3. The van der Waals surface area contributed by atoms with E-state index in [0.717, 1.165) is 11.3 Å². The Morgan fingerprint density at radius 3 is 2.25 bits per heavy atom. The van der Waals surface area contributed by atoms with Crippen molar-refractivity contribution >= 4 is 0 Å². The van der Waals surface area contributed by atoms with Crippen LogP contribution in [0, 0.1) is 0 Å². The maximum absolute atomic E-state index is 5.56. The largest absolute Gasteiger partial charge is 0.497 e. The number of benzene rings is 1. The summed E-state index contributed by atoms with van der Waals surface area (Å²) in [7, 11) is 1.65. The molecule has 2 atom stereocenters. The third-order valence-corrected chi connectivity index (χ3v) is 2.23. The van der Waals surface area contributed by atoms with E-state index in [1.54, 1.807) is 7.11 Å². The summed E-state index contributed by atoms with van der Waals surface area (Å²) in [5.41, 5.74) is 1.04. The molecule has 3 nitrogen and oxygen atoms in total. The fourth-order valence-corrected chi connectivity index (χ4v) is 1.45. The maximum Gasteiger partial charge on any atom is 0.184 e. The second-order valence-electron chi connectivity index (χ2n) is 3.39. The van der Waals surface area contributed by atoms with Crippen molar-refractivity contribution in [3.05, 3.63) is 29.8 Å². The average Bonchev–Trinajstić information content (AvgIpc) is 2.79.